The first-order valence-corrected chi connectivity index (χ1v) is 5.57. The van der Waals surface area contributed by atoms with Gasteiger partial charge in [-0.15, -0.1) is 0 Å². The normalized spacial score (nSPS) is 9.94. The average Bonchev–Trinajstić information content (AvgIpc) is 2.21. The quantitative estimate of drug-likeness (QED) is 0.617. The molecule has 0 aliphatic rings. The summed E-state index contributed by atoms with van der Waals surface area (Å²) in [5, 5.41) is 8.59. The number of alkyl halides is 4. The van der Waals surface area contributed by atoms with E-state index in [0.29, 0.717) is 0 Å². The minimum atomic E-state index is -4.33. The van der Waals surface area contributed by atoms with Crippen molar-refractivity contribution in [3.63, 3.8) is 0 Å². The molecule has 0 bridgehead atoms. The monoisotopic (exact) mass is 296 g/mol. The van der Waals surface area contributed by atoms with Gasteiger partial charge in [0.05, 0.1) is 0 Å². The van der Waals surface area contributed by atoms with Crippen molar-refractivity contribution in [1.29, 1.82) is 0 Å². The molecule has 0 unspecified atom stereocenters. The fraction of sp³-hybridized carbons (Fsp3) is 0.250. The molecule has 4 nitrogen and oxygen atoms in total. The Morgan fingerprint density at radius 1 is 1.11 bits per heavy atom. The van der Waals surface area contributed by atoms with E-state index in [1.807, 2.05) is 0 Å². The second-order valence-electron chi connectivity index (χ2n) is 2.41. The van der Waals surface area contributed by atoms with Gasteiger partial charge < -0.3 is 5.11 Å². The van der Waals surface area contributed by atoms with Crippen molar-refractivity contribution >= 4 is 10.1 Å². The van der Waals surface area contributed by atoms with Gasteiger partial charge in [0.1, 0.15) is 11.6 Å². The third-order valence-electron chi connectivity index (χ3n) is 0.965. The summed E-state index contributed by atoms with van der Waals surface area (Å²) in [6.07, 6.45) is 0. The molecule has 0 aliphatic heterocycles. The summed E-state index contributed by atoms with van der Waals surface area (Å²) < 4.78 is 77.4. The Kier molecular flexibility index (Phi) is 10.1. The maximum atomic E-state index is 12.0. The van der Waals surface area contributed by atoms with Crippen LogP contribution in [0.2, 0.25) is 0 Å². The zero-order chi connectivity index (χ0) is 14.8. The van der Waals surface area contributed by atoms with Crippen molar-refractivity contribution in [1.82, 2.24) is 0 Å². The maximum absolute atomic E-state index is 12.0. The maximum Gasteiger partial charge on any atom is 0.379 e. The van der Waals surface area contributed by atoms with E-state index in [-0.39, 0.29) is 11.6 Å². The zero-order valence-electron chi connectivity index (χ0n) is 8.60. The fourth-order valence-corrected chi connectivity index (χ4v) is 0.441. The minimum absolute atomic E-state index is 0.0893. The second kappa shape index (κ2) is 9.59. The van der Waals surface area contributed by atoms with Crippen LogP contribution in [0.3, 0.4) is 0 Å². The number of hydrogen-bond acceptors (Lipinski definition) is 3. The molecule has 0 aromatic heterocycles. The molecule has 1 aromatic rings. The lowest BCUT2D eigenvalue weighted by Gasteiger charge is -1.86. The number of phenolic OH excluding ortho intramolecular Hbond substituents is 1. The van der Waals surface area contributed by atoms with Crippen LogP contribution in [0.5, 0.6) is 5.75 Å². The lowest BCUT2D eigenvalue weighted by atomic mass is 10.3. The average molecular weight is 296 g/mol. The van der Waals surface area contributed by atoms with E-state index in [9.17, 15) is 30.4 Å². The summed E-state index contributed by atoms with van der Waals surface area (Å²) in [7, 11) is -4.33. The van der Waals surface area contributed by atoms with Gasteiger partial charge in [0.15, 0.2) is 0 Å². The summed E-state index contributed by atoms with van der Waals surface area (Å²) in [5.41, 5.74) is 0. The molecule has 2 N–H and O–H groups in total. The van der Waals surface area contributed by atoms with Crippen LogP contribution in [0.4, 0.5) is 22.0 Å². The molecule has 10 heteroatoms. The van der Waals surface area contributed by atoms with Crippen LogP contribution in [0.15, 0.2) is 24.3 Å². The summed E-state index contributed by atoms with van der Waals surface area (Å²) >= 11 is 0. The number of rotatable bonds is 1. The van der Waals surface area contributed by atoms with Gasteiger partial charge in [-0.1, -0.05) is 0 Å². The molecule has 0 radical (unpaired) electrons. The van der Waals surface area contributed by atoms with Crippen LogP contribution < -0.4 is 0 Å². The van der Waals surface area contributed by atoms with E-state index in [0.717, 1.165) is 0 Å². The molecule has 106 valence electrons. The standard InChI is InChI=1S/C6H5FO.CHF3.CH3FO3S/c7-5-1-3-6(8)4-2-5;2-1(3)4;2-1-6(3,4)5/h1-4,8H;1H;1H2,(H,3,4,5). The van der Waals surface area contributed by atoms with Gasteiger partial charge in [-0.05, 0) is 24.3 Å². The lowest BCUT2D eigenvalue weighted by Crippen LogP contribution is -1.96. The molecule has 0 aliphatic carbocycles. The van der Waals surface area contributed by atoms with Crippen molar-refractivity contribution in [2.45, 2.75) is 6.68 Å². The van der Waals surface area contributed by atoms with Gasteiger partial charge in [-0.25, -0.2) is 8.78 Å². The lowest BCUT2D eigenvalue weighted by molar-refractivity contribution is 0.00819. The topological polar surface area (TPSA) is 74.6 Å². The second-order valence-corrected chi connectivity index (χ2v) is 3.80. The summed E-state index contributed by atoms with van der Waals surface area (Å²) in [4.78, 5) is 0. The highest BCUT2D eigenvalue weighted by atomic mass is 32.2. The van der Waals surface area contributed by atoms with Gasteiger partial charge in [0.25, 0.3) is 10.1 Å². The van der Waals surface area contributed by atoms with Gasteiger partial charge in [-0.2, -0.15) is 21.6 Å². The Morgan fingerprint density at radius 2 is 1.39 bits per heavy atom. The number of halogens is 5. The smallest absolute Gasteiger partial charge is 0.379 e. The number of aromatic hydroxyl groups is 1. The highest BCUT2D eigenvalue weighted by Gasteiger charge is 1.97. The minimum Gasteiger partial charge on any atom is -0.508 e. The molecular formula is C8H9F5O4S. The molecule has 1 rings (SSSR count). The predicted molar refractivity (Wildman–Crippen MR) is 52.7 cm³/mol. The Labute approximate surface area is 99.4 Å². The van der Waals surface area contributed by atoms with Crippen molar-refractivity contribution in [3.05, 3.63) is 30.1 Å². The number of phenols is 1. The van der Waals surface area contributed by atoms with Crippen molar-refractivity contribution in [2.75, 3.05) is 6.01 Å². The van der Waals surface area contributed by atoms with Crippen LogP contribution in [0.1, 0.15) is 0 Å². The van der Waals surface area contributed by atoms with E-state index in [1.165, 1.54) is 24.3 Å². The Balaban J connectivity index is 0. The van der Waals surface area contributed by atoms with E-state index in [1.54, 1.807) is 0 Å². The highest BCUT2D eigenvalue weighted by molar-refractivity contribution is 7.85. The molecule has 0 saturated carbocycles. The van der Waals surface area contributed by atoms with E-state index in [2.05, 4.69) is 0 Å². The molecule has 18 heavy (non-hydrogen) atoms. The van der Waals surface area contributed by atoms with Gasteiger partial charge in [0.2, 0.25) is 6.01 Å². The highest BCUT2D eigenvalue weighted by Crippen LogP contribution is 2.06. The van der Waals surface area contributed by atoms with Crippen LogP contribution in [0, 0.1) is 5.82 Å². The van der Waals surface area contributed by atoms with Crippen LogP contribution in [0.25, 0.3) is 0 Å². The number of hydrogen-bond donors (Lipinski definition) is 2. The molecule has 0 saturated heterocycles. The molecular weight excluding hydrogens is 287 g/mol. The SMILES string of the molecule is FC(F)F.O=S(=O)(O)CF.Oc1ccc(F)cc1. The first-order chi connectivity index (χ1) is 8.08. The molecule has 0 spiro atoms. The van der Waals surface area contributed by atoms with Crippen molar-refractivity contribution < 1.29 is 40.0 Å². The summed E-state index contributed by atoms with van der Waals surface area (Å²) in [5.74, 6) is -0.241. The van der Waals surface area contributed by atoms with Crippen molar-refractivity contribution in [3.8, 4) is 5.75 Å². The third-order valence-corrected chi connectivity index (χ3v) is 1.24. The fourth-order valence-electron chi connectivity index (χ4n) is 0.441. The number of benzene rings is 1. The molecule has 0 fully saturated rings. The van der Waals surface area contributed by atoms with Crippen LogP contribution >= 0.6 is 0 Å². The van der Waals surface area contributed by atoms with Gasteiger partial charge in [0, 0.05) is 0 Å². The van der Waals surface area contributed by atoms with Crippen LogP contribution in [-0.2, 0) is 10.1 Å². The molecule has 0 heterocycles. The molecule has 1 aromatic carbocycles. The molecule has 0 atom stereocenters. The largest absolute Gasteiger partial charge is 0.508 e. The zero-order valence-corrected chi connectivity index (χ0v) is 9.42. The van der Waals surface area contributed by atoms with Gasteiger partial charge >= 0.3 is 6.68 Å². The van der Waals surface area contributed by atoms with E-state index in [4.69, 9.17) is 9.66 Å². The summed E-state index contributed by atoms with van der Waals surface area (Å²) in [6.45, 7) is -3.67. The first-order valence-electron chi connectivity index (χ1n) is 3.96. The Bertz CT molecular complexity index is 382. The predicted octanol–water partition coefficient (Wildman–Crippen LogP) is 2.51. The molecule has 0 amide bonds. The Morgan fingerprint density at radius 3 is 1.56 bits per heavy atom. The first kappa shape index (κ1) is 18.9. The Hall–Kier alpha value is -1.42. The van der Waals surface area contributed by atoms with Crippen molar-refractivity contribution in [2.24, 2.45) is 0 Å². The van der Waals surface area contributed by atoms with Crippen LogP contribution in [-0.4, -0.2) is 30.8 Å². The van der Waals surface area contributed by atoms with Gasteiger partial charge in [-0.3, -0.25) is 4.55 Å². The van der Waals surface area contributed by atoms with E-state index < -0.39 is 22.8 Å². The third kappa shape index (κ3) is 20.1. The summed E-state index contributed by atoms with van der Waals surface area (Å²) in [6, 6.07) is 3.31. The van der Waals surface area contributed by atoms with E-state index >= 15 is 0 Å².